The number of aromatic hydroxyl groups is 2. The summed E-state index contributed by atoms with van der Waals surface area (Å²) in [6, 6.07) is 3.86. The molecule has 0 aromatic heterocycles. The van der Waals surface area contributed by atoms with Gasteiger partial charge in [0, 0.05) is 17.8 Å². The van der Waals surface area contributed by atoms with Gasteiger partial charge in [0.25, 0.3) is 0 Å². The molecule has 0 bridgehead atoms. The summed E-state index contributed by atoms with van der Waals surface area (Å²) >= 11 is 0. The molecule has 2 rings (SSSR count). The van der Waals surface area contributed by atoms with Crippen molar-refractivity contribution in [1.82, 2.24) is 4.73 Å². The van der Waals surface area contributed by atoms with Gasteiger partial charge in [-0.1, -0.05) is 0 Å². The third kappa shape index (κ3) is 0.990. The van der Waals surface area contributed by atoms with Crippen LogP contribution in [0.2, 0.25) is 0 Å². The number of phenols is 2. The zero-order chi connectivity index (χ0) is 10.3. The van der Waals surface area contributed by atoms with Gasteiger partial charge in [-0.2, -0.15) is 4.73 Å². The van der Waals surface area contributed by atoms with Crippen molar-refractivity contribution < 1.29 is 15.4 Å². The number of rotatable bonds is 0. The molecule has 3 N–H and O–H groups in total. The normalized spacial score (nSPS) is 10.6. The summed E-state index contributed by atoms with van der Waals surface area (Å²) in [4.78, 5) is 11.1. The number of nitrogens with zero attached hydrogens (tertiary/aromatic N) is 1. The van der Waals surface area contributed by atoms with Crippen LogP contribution in [0.25, 0.3) is 11.3 Å². The van der Waals surface area contributed by atoms with E-state index in [1.54, 1.807) is 0 Å². The van der Waals surface area contributed by atoms with Gasteiger partial charge in [-0.3, -0.25) is 4.79 Å². The second kappa shape index (κ2) is 2.66. The molecule has 5 heteroatoms. The van der Waals surface area contributed by atoms with Crippen LogP contribution in [0.1, 0.15) is 0 Å². The monoisotopic (exact) mass is 193 g/mol. The van der Waals surface area contributed by atoms with Gasteiger partial charge < -0.3 is 15.4 Å². The van der Waals surface area contributed by atoms with Crippen LogP contribution in [0.5, 0.6) is 11.5 Å². The van der Waals surface area contributed by atoms with E-state index in [9.17, 15) is 20.2 Å². The first kappa shape index (κ1) is 8.43. The van der Waals surface area contributed by atoms with Gasteiger partial charge >= 0.3 is 0 Å². The number of pyridine rings is 1. The van der Waals surface area contributed by atoms with Crippen LogP contribution in [0, 0.1) is 0 Å². The van der Waals surface area contributed by atoms with E-state index in [0.29, 0.717) is 4.73 Å². The van der Waals surface area contributed by atoms with Crippen molar-refractivity contribution in [2.45, 2.75) is 0 Å². The maximum absolute atomic E-state index is 11.1. The van der Waals surface area contributed by atoms with Crippen LogP contribution in [-0.2, 0) is 0 Å². The molecule has 0 spiro atoms. The number of benzene rings is 1. The third-order valence-corrected chi connectivity index (χ3v) is 1.98. The first-order valence-electron chi connectivity index (χ1n) is 3.87. The summed E-state index contributed by atoms with van der Waals surface area (Å²) in [6.07, 6.45) is 1.25. The molecule has 0 fully saturated rings. The van der Waals surface area contributed by atoms with Crippen molar-refractivity contribution in [2.24, 2.45) is 0 Å². The van der Waals surface area contributed by atoms with Crippen LogP contribution >= 0.6 is 0 Å². The highest BCUT2D eigenvalue weighted by molar-refractivity contribution is 5.73. The predicted octanol–water partition coefficient (Wildman–Crippen LogP) is 0.602. The minimum atomic E-state index is -0.732. The molecule has 5 nitrogen and oxygen atoms in total. The molecule has 1 aliphatic carbocycles. The Morgan fingerprint density at radius 3 is 2.71 bits per heavy atom. The van der Waals surface area contributed by atoms with Crippen LogP contribution in [-0.4, -0.2) is 20.2 Å². The zero-order valence-corrected chi connectivity index (χ0v) is 7.01. The van der Waals surface area contributed by atoms with Crippen LogP contribution in [0.15, 0.2) is 29.2 Å². The Morgan fingerprint density at radius 2 is 2.00 bits per heavy atom. The lowest BCUT2D eigenvalue weighted by Crippen LogP contribution is -2.07. The number of phenolic OH excluding ortho intramolecular Hbond substituents is 2. The van der Waals surface area contributed by atoms with Gasteiger partial charge in [0.15, 0.2) is 5.75 Å². The lowest BCUT2D eigenvalue weighted by molar-refractivity contribution is 0.186. The minimum Gasteiger partial charge on any atom is -0.507 e. The van der Waals surface area contributed by atoms with Gasteiger partial charge in [0.2, 0.25) is 5.43 Å². The van der Waals surface area contributed by atoms with E-state index in [4.69, 9.17) is 0 Å². The van der Waals surface area contributed by atoms with Gasteiger partial charge in [0.1, 0.15) is 11.4 Å². The van der Waals surface area contributed by atoms with E-state index in [-0.39, 0.29) is 17.0 Å². The average molecular weight is 193 g/mol. The maximum atomic E-state index is 11.1. The van der Waals surface area contributed by atoms with Crippen LogP contribution in [0.3, 0.4) is 0 Å². The quantitative estimate of drug-likeness (QED) is 0.422. The summed E-state index contributed by atoms with van der Waals surface area (Å²) in [7, 11) is 0. The first-order valence-corrected chi connectivity index (χ1v) is 3.87. The molecule has 1 aliphatic heterocycles. The topological polar surface area (TPSA) is 82.7 Å². The Kier molecular flexibility index (Phi) is 1.60. The van der Waals surface area contributed by atoms with E-state index in [1.807, 2.05) is 0 Å². The number of aromatic nitrogens is 1. The molecular weight excluding hydrogens is 186 g/mol. The average Bonchev–Trinajstić information content (AvgIpc) is 2.14. The fraction of sp³-hybridized carbons (Fsp3) is 0. The zero-order valence-electron chi connectivity index (χ0n) is 7.01. The maximum Gasteiger partial charge on any atom is 0.226 e. The number of fused-ring (bicyclic) bond motifs is 1. The SMILES string of the molecule is O=c1cc(O)c2cccn(O)c-2c1O. The van der Waals surface area contributed by atoms with Crippen LogP contribution in [0.4, 0.5) is 0 Å². The molecule has 14 heavy (non-hydrogen) atoms. The molecule has 0 atom stereocenters. The molecule has 0 aromatic carbocycles. The molecule has 0 amide bonds. The first-order chi connectivity index (χ1) is 6.61. The van der Waals surface area contributed by atoms with Gasteiger partial charge in [-0.05, 0) is 12.1 Å². The van der Waals surface area contributed by atoms with Crippen molar-refractivity contribution in [2.75, 3.05) is 0 Å². The Balaban J connectivity index is 3.00. The van der Waals surface area contributed by atoms with Crippen molar-refractivity contribution in [3.63, 3.8) is 0 Å². The van der Waals surface area contributed by atoms with Crippen molar-refractivity contribution in [1.29, 1.82) is 0 Å². The van der Waals surface area contributed by atoms with Gasteiger partial charge in [-0.15, -0.1) is 0 Å². The minimum absolute atomic E-state index is 0.0995. The summed E-state index contributed by atoms with van der Waals surface area (Å²) < 4.78 is 0.589. The second-order valence-electron chi connectivity index (χ2n) is 2.86. The molecule has 2 aliphatic rings. The third-order valence-electron chi connectivity index (χ3n) is 1.98. The molecule has 0 saturated carbocycles. The molecule has 0 radical (unpaired) electrons. The fourth-order valence-electron chi connectivity index (χ4n) is 1.33. The Morgan fingerprint density at radius 1 is 1.29 bits per heavy atom. The lowest BCUT2D eigenvalue weighted by atomic mass is 10.1. The predicted molar refractivity (Wildman–Crippen MR) is 47.8 cm³/mol. The summed E-state index contributed by atoms with van der Waals surface area (Å²) in [5, 5.41) is 28.0. The highest BCUT2D eigenvalue weighted by atomic mass is 16.5. The Labute approximate surface area is 78.4 Å². The Bertz CT molecular complexity index is 517. The number of hydrogen-bond acceptors (Lipinski definition) is 4. The van der Waals surface area contributed by atoms with E-state index in [1.165, 1.54) is 18.3 Å². The summed E-state index contributed by atoms with van der Waals surface area (Å²) in [6.45, 7) is 0. The van der Waals surface area contributed by atoms with E-state index >= 15 is 0 Å². The molecule has 72 valence electrons. The highest BCUT2D eigenvalue weighted by Gasteiger charge is 2.17. The van der Waals surface area contributed by atoms with E-state index in [2.05, 4.69) is 0 Å². The summed E-state index contributed by atoms with van der Waals surface area (Å²) in [5.41, 5.74) is -0.617. The van der Waals surface area contributed by atoms with Gasteiger partial charge in [-0.25, -0.2) is 0 Å². The highest BCUT2D eigenvalue weighted by Crippen LogP contribution is 2.33. The molecule has 1 heterocycles. The molecule has 0 saturated heterocycles. The summed E-state index contributed by atoms with van der Waals surface area (Å²) in [5.74, 6) is -0.855. The largest absolute Gasteiger partial charge is 0.507 e. The van der Waals surface area contributed by atoms with Crippen molar-refractivity contribution in [3.8, 4) is 22.8 Å². The lowest BCUT2D eigenvalue weighted by Gasteiger charge is -2.11. The molecular formula is C9H7NO4. The Hall–Kier alpha value is -2.17. The molecule has 0 aromatic rings. The smallest absolute Gasteiger partial charge is 0.226 e. The van der Waals surface area contributed by atoms with Crippen molar-refractivity contribution in [3.05, 3.63) is 34.6 Å². The van der Waals surface area contributed by atoms with Crippen molar-refractivity contribution >= 4 is 0 Å². The van der Waals surface area contributed by atoms with Crippen LogP contribution < -0.4 is 5.43 Å². The number of hydrogen-bond donors (Lipinski definition) is 3. The second-order valence-corrected chi connectivity index (χ2v) is 2.86. The standard InChI is InChI=1S/C9H7NO4/c11-6-4-7(12)9(13)8-5(6)2-1-3-10(8)14/h1-4,11,13-14H. The van der Waals surface area contributed by atoms with Gasteiger partial charge in [0.05, 0.1) is 0 Å². The van der Waals surface area contributed by atoms with E-state index in [0.717, 1.165) is 6.07 Å². The molecule has 0 unspecified atom stereocenters. The van der Waals surface area contributed by atoms with E-state index < -0.39 is 11.2 Å². The fourth-order valence-corrected chi connectivity index (χ4v) is 1.33.